The van der Waals surface area contributed by atoms with E-state index in [1.54, 1.807) is 0 Å². The molecule has 2 saturated heterocycles. The average Bonchev–Trinajstić information content (AvgIpc) is 3.16. The third kappa shape index (κ3) is 4.85. The minimum atomic E-state index is 0.294. The van der Waals surface area contributed by atoms with Gasteiger partial charge in [-0.25, -0.2) is 5.10 Å². The lowest BCUT2D eigenvalue weighted by Gasteiger charge is -2.47. The molecule has 1 aromatic heterocycles. The van der Waals surface area contributed by atoms with E-state index < -0.39 is 0 Å². The molecule has 2 aliphatic heterocycles. The fourth-order valence-electron chi connectivity index (χ4n) is 4.46. The number of halogens is 1. The molecule has 0 saturated carbocycles. The first-order chi connectivity index (χ1) is 14.0. The van der Waals surface area contributed by atoms with Gasteiger partial charge in [-0.3, -0.25) is 4.90 Å². The molecule has 8 heteroatoms. The maximum atomic E-state index is 6.25. The number of nitrogen functional groups attached to an aromatic ring is 1. The summed E-state index contributed by atoms with van der Waals surface area (Å²) in [5, 5.41) is 7.73. The van der Waals surface area contributed by atoms with Gasteiger partial charge in [0.15, 0.2) is 0 Å². The molecule has 3 N–H and O–H groups in total. The van der Waals surface area contributed by atoms with Crippen molar-refractivity contribution in [1.82, 2.24) is 20.1 Å². The molecule has 7 nitrogen and oxygen atoms in total. The average molecular weight is 419 g/mol. The molecule has 0 spiro atoms. The zero-order chi connectivity index (χ0) is 20.4. The number of nitrogens with two attached hydrogens (primary N) is 1. The molecule has 2 atom stereocenters. The number of H-pyrrole nitrogens is 1. The van der Waals surface area contributed by atoms with E-state index in [1.165, 1.54) is 5.56 Å². The van der Waals surface area contributed by atoms with Gasteiger partial charge in [0.05, 0.1) is 12.7 Å². The first kappa shape index (κ1) is 20.4. The van der Waals surface area contributed by atoms with Gasteiger partial charge in [0.25, 0.3) is 0 Å². The van der Waals surface area contributed by atoms with Gasteiger partial charge in [0, 0.05) is 36.7 Å². The normalized spacial score (nSPS) is 24.3. The van der Waals surface area contributed by atoms with Crippen LogP contribution in [0.1, 0.15) is 32.3 Å². The number of nitrogens with one attached hydrogen (secondary N) is 1. The highest BCUT2D eigenvalue weighted by atomic mass is 35.5. The van der Waals surface area contributed by atoms with Crippen LogP contribution in [0.2, 0.25) is 5.02 Å². The van der Waals surface area contributed by atoms with E-state index in [9.17, 15) is 0 Å². The smallest absolute Gasteiger partial charge is 0.246 e. The van der Waals surface area contributed by atoms with Crippen LogP contribution in [0.5, 0.6) is 0 Å². The van der Waals surface area contributed by atoms with Crippen molar-refractivity contribution in [2.75, 3.05) is 36.9 Å². The number of aromatic nitrogens is 3. The summed E-state index contributed by atoms with van der Waals surface area (Å²) in [6, 6.07) is 9.15. The van der Waals surface area contributed by atoms with E-state index in [2.05, 4.69) is 51.0 Å². The van der Waals surface area contributed by atoms with E-state index in [1.807, 2.05) is 12.1 Å². The van der Waals surface area contributed by atoms with Crippen LogP contribution in [0.3, 0.4) is 0 Å². The van der Waals surface area contributed by atoms with Crippen LogP contribution in [0.15, 0.2) is 24.3 Å². The van der Waals surface area contributed by atoms with Gasteiger partial charge in [0.2, 0.25) is 11.9 Å². The Bertz CT molecular complexity index is 787. The zero-order valence-corrected chi connectivity index (χ0v) is 18.0. The van der Waals surface area contributed by atoms with Crippen LogP contribution >= 0.6 is 11.6 Å². The van der Waals surface area contributed by atoms with Gasteiger partial charge in [0.1, 0.15) is 0 Å². The molecule has 29 heavy (non-hydrogen) atoms. The third-order valence-electron chi connectivity index (χ3n) is 6.20. The van der Waals surface area contributed by atoms with Crippen molar-refractivity contribution in [1.29, 1.82) is 0 Å². The second-order valence-corrected chi connectivity index (χ2v) is 8.97. The summed E-state index contributed by atoms with van der Waals surface area (Å²) < 4.78 is 6.25. The second kappa shape index (κ2) is 8.90. The molecule has 4 rings (SSSR count). The van der Waals surface area contributed by atoms with E-state index in [-0.39, 0.29) is 0 Å². The Morgan fingerprint density at radius 2 is 1.97 bits per heavy atom. The van der Waals surface area contributed by atoms with Gasteiger partial charge in [-0.1, -0.05) is 37.6 Å². The van der Waals surface area contributed by atoms with Crippen molar-refractivity contribution < 1.29 is 4.74 Å². The van der Waals surface area contributed by atoms with Crippen molar-refractivity contribution in [2.45, 2.75) is 51.3 Å². The number of piperidine rings is 1. The highest BCUT2D eigenvalue weighted by Crippen LogP contribution is 2.28. The van der Waals surface area contributed by atoms with Crippen molar-refractivity contribution in [3.8, 4) is 0 Å². The number of ether oxygens (including phenoxy) is 1. The van der Waals surface area contributed by atoms with E-state index in [0.29, 0.717) is 36.0 Å². The van der Waals surface area contributed by atoms with Crippen LogP contribution in [0, 0.1) is 5.92 Å². The van der Waals surface area contributed by atoms with E-state index >= 15 is 0 Å². The molecule has 2 fully saturated rings. The van der Waals surface area contributed by atoms with Gasteiger partial charge in [-0.15, -0.1) is 5.10 Å². The van der Waals surface area contributed by atoms with Gasteiger partial charge < -0.3 is 15.4 Å². The fraction of sp³-hybridized carbons (Fsp3) is 0.619. The van der Waals surface area contributed by atoms with Crippen molar-refractivity contribution in [2.24, 2.45) is 5.92 Å². The predicted molar refractivity (Wildman–Crippen MR) is 116 cm³/mol. The number of nitrogens with zero attached hydrogens (tertiary/aromatic N) is 4. The first-order valence-corrected chi connectivity index (χ1v) is 10.9. The minimum absolute atomic E-state index is 0.294. The van der Waals surface area contributed by atoms with Crippen LogP contribution in [-0.2, 0) is 11.2 Å². The lowest BCUT2D eigenvalue weighted by molar-refractivity contribution is -0.0980. The van der Waals surface area contributed by atoms with E-state index in [4.69, 9.17) is 22.1 Å². The lowest BCUT2D eigenvalue weighted by atomic mass is 9.94. The quantitative estimate of drug-likeness (QED) is 0.776. The van der Waals surface area contributed by atoms with E-state index in [0.717, 1.165) is 50.5 Å². The summed E-state index contributed by atoms with van der Waals surface area (Å²) in [4.78, 5) is 9.20. The summed E-state index contributed by atoms with van der Waals surface area (Å²) in [5.74, 6) is 1.60. The highest BCUT2D eigenvalue weighted by Gasteiger charge is 2.36. The molecule has 0 aliphatic carbocycles. The summed E-state index contributed by atoms with van der Waals surface area (Å²) in [6.07, 6.45) is 3.47. The second-order valence-electron chi connectivity index (χ2n) is 8.54. The fourth-order valence-corrected chi connectivity index (χ4v) is 4.59. The number of morpholine rings is 1. The molecule has 0 unspecified atom stereocenters. The Kier molecular flexibility index (Phi) is 6.27. The largest absolute Gasteiger partial charge is 0.375 e. The van der Waals surface area contributed by atoms with Gasteiger partial charge >= 0.3 is 0 Å². The monoisotopic (exact) mass is 418 g/mol. The van der Waals surface area contributed by atoms with Crippen molar-refractivity contribution in [3.63, 3.8) is 0 Å². The summed E-state index contributed by atoms with van der Waals surface area (Å²) >= 11 is 6.06. The Morgan fingerprint density at radius 1 is 1.24 bits per heavy atom. The maximum absolute atomic E-state index is 6.25. The molecular formula is C21H31ClN6O. The summed E-state index contributed by atoms with van der Waals surface area (Å²) in [5.41, 5.74) is 7.00. The first-order valence-electron chi connectivity index (χ1n) is 10.5. The third-order valence-corrected chi connectivity index (χ3v) is 6.45. The number of rotatable bonds is 5. The van der Waals surface area contributed by atoms with Gasteiger partial charge in [-0.2, -0.15) is 4.98 Å². The summed E-state index contributed by atoms with van der Waals surface area (Å²) in [7, 11) is 0. The topological polar surface area (TPSA) is 83.3 Å². The van der Waals surface area contributed by atoms with Crippen molar-refractivity contribution in [3.05, 3.63) is 34.9 Å². The molecule has 1 aromatic carbocycles. The molecule has 2 aromatic rings. The molecule has 0 radical (unpaired) electrons. The molecule has 3 heterocycles. The standard InChI is InChI=1S/C21H31ClN6O/c1-14(2)19-12-28(18(13-29-19)11-15-3-5-16(22)6-4-15)17-7-9-27(10-8-17)21-24-20(23)25-26-21/h3-6,14,17-19H,7-13H2,1-2H3,(H3,23,24,25,26)/t18-,19+/m0/s1. The Hall–Kier alpha value is -1.83. The molecular weight excluding hydrogens is 388 g/mol. The molecule has 0 amide bonds. The zero-order valence-electron chi connectivity index (χ0n) is 17.2. The van der Waals surface area contributed by atoms with Crippen LogP contribution < -0.4 is 10.6 Å². The van der Waals surface area contributed by atoms with Crippen LogP contribution in [0.25, 0.3) is 0 Å². The molecule has 158 valence electrons. The van der Waals surface area contributed by atoms with Gasteiger partial charge in [-0.05, 0) is 42.9 Å². The lowest BCUT2D eigenvalue weighted by Crippen LogP contribution is -2.58. The van der Waals surface area contributed by atoms with Crippen LogP contribution in [-0.4, -0.2) is 64.5 Å². The SMILES string of the molecule is CC(C)[C@H]1CN(C2CCN(c3n[nH]c(N)n3)CC2)[C@@H](Cc2ccc(Cl)cc2)CO1. The Morgan fingerprint density at radius 3 is 2.59 bits per heavy atom. The number of hydrogen-bond acceptors (Lipinski definition) is 6. The number of hydrogen-bond donors (Lipinski definition) is 2. The number of benzene rings is 1. The number of anilines is 2. The Balaban J connectivity index is 1.44. The van der Waals surface area contributed by atoms with Crippen LogP contribution in [0.4, 0.5) is 11.9 Å². The minimum Gasteiger partial charge on any atom is -0.375 e. The molecule has 2 aliphatic rings. The molecule has 0 bridgehead atoms. The Labute approximate surface area is 177 Å². The van der Waals surface area contributed by atoms with Crippen molar-refractivity contribution >= 4 is 23.5 Å². The number of aromatic amines is 1. The highest BCUT2D eigenvalue weighted by molar-refractivity contribution is 6.30. The maximum Gasteiger partial charge on any atom is 0.246 e. The summed E-state index contributed by atoms with van der Waals surface area (Å²) in [6.45, 7) is 8.16. The predicted octanol–water partition coefficient (Wildman–Crippen LogP) is 2.98.